The minimum Gasteiger partial charge on any atom is -0.318 e. The van der Waals surface area contributed by atoms with Crippen molar-refractivity contribution in [2.45, 2.75) is 47.2 Å². The van der Waals surface area contributed by atoms with E-state index >= 15 is 0 Å². The van der Waals surface area contributed by atoms with Gasteiger partial charge in [0.15, 0.2) is 0 Å². The molecule has 188 valence electrons. The molecule has 1 aromatic heterocycles. The zero-order valence-corrected chi connectivity index (χ0v) is 22.1. The third kappa shape index (κ3) is 5.42. The first kappa shape index (κ1) is 24.7. The van der Waals surface area contributed by atoms with E-state index in [1.54, 1.807) is 6.21 Å². The maximum Gasteiger partial charge on any atom is 0.271 e. The van der Waals surface area contributed by atoms with Crippen molar-refractivity contribution in [3.05, 3.63) is 123 Å². The zero-order valence-electron chi connectivity index (χ0n) is 22.1. The van der Waals surface area contributed by atoms with Gasteiger partial charge >= 0.3 is 0 Å². The normalized spacial score (nSPS) is 13.6. The second-order valence-electron chi connectivity index (χ2n) is 10.1. The standard InChI is InChI=1S/C32H34N4O/c1-22-9-14-31(17-23(22)2)36-24(3)18-30(25(36)4)19-33-34-32(37)28-12-10-26(11-13-28)20-35-16-15-27-7-5-6-8-29(27)21-35/h5-14,17-19H,15-16,20-21H2,1-4H3,(H,34,37)/b33-19+. The van der Waals surface area contributed by atoms with Crippen molar-refractivity contribution in [2.75, 3.05) is 6.54 Å². The van der Waals surface area contributed by atoms with Crippen LogP contribution < -0.4 is 5.43 Å². The van der Waals surface area contributed by atoms with Gasteiger partial charge in [-0.25, -0.2) is 5.43 Å². The van der Waals surface area contributed by atoms with Gasteiger partial charge in [-0.2, -0.15) is 5.10 Å². The molecule has 0 unspecified atom stereocenters. The summed E-state index contributed by atoms with van der Waals surface area (Å²) in [4.78, 5) is 15.1. The zero-order chi connectivity index (χ0) is 25.9. The Morgan fingerprint density at radius 3 is 2.43 bits per heavy atom. The number of nitrogens with one attached hydrogen (secondary N) is 1. The van der Waals surface area contributed by atoms with Crippen LogP contribution in [0.4, 0.5) is 0 Å². The highest BCUT2D eigenvalue weighted by molar-refractivity contribution is 5.95. The largest absolute Gasteiger partial charge is 0.318 e. The van der Waals surface area contributed by atoms with Gasteiger partial charge in [0, 0.05) is 47.8 Å². The molecule has 0 spiro atoms. The van der Waals surface area contributed by atoms with Gasteiger partial charge < -0.3 is 4.57 Å². The van der Waals surface area contributed by atoms with E-state index in [2.05, 4.69) is 96.2 Å². The van der Waals surface area contributed by atoms with E-state index in [1.807, 2.05) is 24.3 Å². The van der Waals surface area contributed by atoms with Crippen LogP contribution in [-0.2, 0) is 19.5 Å². The van der Waals surface area contributed by atoms with Gasteiger partial charge in [0.25, 0.3) is 5.91 Å². The Bertz CT molecular complexity index is 1460. The highest BCUT2D eigenvalue weighted by Gasteiger charge is 2.16. The monoisotopic (exact) mass is 490 g/mol. The van der Waals surface area contributed by atoms with Crippen LogP contribution in [0, 0.1) is 27.7 Å². The summed E-state index contributed by atoms with van der Waals surface area (Å²) in [7, 11) is 0. The Morgan fingerprint density at radius 1 is 0.919 bits per heavy atom. The number of carbonyl (C=O) groups excluding carboxylic acids is 1. The van der Waals surface area contributed by atoms with E-state index < -0.39 is 0 Å². The molecule has 2 heterocycles. The molecule has 0 aliphatic carbocycles. The fourth-order valence-electron chi connectivity index (χ4n) is 5.11. The fraction of sp³-hybridized carbons (Fsp3) is 0.250. The number of hydrogen-bond donors (Lipinski definition) is 1. The topological polar surface area (TPSA) is 49.6 Å². The summed E-state index contributed by atoms with van der Waals surface area (Å²) in [6, 6.07) is 25.1. The maximum absolute atomic E-state index is 12.7. The van der Waals surface area contributed by atoms with Gasteiger partial charge in [-0.1, -0.05) is 42.5 Å². The molecule has 0 fully saturated rings. The number of benzene rings is 3. The molecule has 1 aliphatic heterocycles. The number of fused-ring (bicyclic) bond motifs is 1. The maximum atomic E-state index is 12.7. The Morgan fingerprint density at radius 2 is 1.68 bits per heavy atom. The number of aryl methyl sites for hydroxylation is 3. The highest BCUT2D eigenvalue weighted by atomic mass is 16.2. The van der Waals surface area contributed by atoms with E-state index in [0.29, 0.717) is 5.56 Å². The summed E-state index contributed by atoms with van der Waals surface area (Å²) in [6.45, 7) is 11.3. The van der Waals surface area contributed by atoms with Crippen molar-refractivity contribution >= 4 is 12.1 Å². The Balaban J connectivity index is 1.20. The van der Waals surface area contributed by atoms with Crippen molar-refractivity contribution in [1.82, 2.24) is 14.9 Å². The van der Waals surface area contributed by atoms with Crippen molar-refractivity contribution in [3.63, 3.8) is 0 Å². The number of nitrogens with zero attached hydrogens (tertiary/aromatic N) is 3. The van der Waals surface area contributed by atoms with Crippen LogP contribution in [0.5, 0.6) is 0 Å². The van der Waals surface area contributed by atoms with Crippen LogP contribution in [0.1, 0.15) is 55.1 Å². The van der Waals surface area contributed by atoms with Crippen LogP contribution in [0.25, 0.3) is 5.69 Å². The van der Waals surface area contributed by atoms with E-state index in [0.717, 1.165) is 48.7 Å². The van der Waals surface area contributed by atoms with Gasteiger partial charge in [-0.05, 0) is 92.3 Å². The van der Waals surface area contributed by atoms with Gasteiger partial charge in [0.05, 0.1) is 6.21 Å². The van der Waals surface area contributed by atoms with Gasteiger partial charge in [0.2, 0.25) is 0 Å². The van der Waals surface area contributed by atoms with Crippen molar-refractivity contribution in [3.8, 4) is 5.69 Å². The Kier molecular flexibility index (Phi) is 7.06. The lowest BCUT2D eigenvalue weighted by Crippen LogP contribution is -2.30. The van der Waals surface area contributed by atoms with Gasteiger partial charge in [-0.3, -0.25) is 9.69 Å². The Hall–Kier alpha value is -3.96. The summed E-state index contributed by atoms with van der Waals surface area (Å²) in [5.41, 5.74) is 14.2. The summed E-state index contributed by atoms with van der Waals surface area (Å²) >= 11 is 0. The molecule has 0 saturated carbocycles. The molecular formula is C32H34N4O. The predicted molar refractivity (Wildman–Crippen MR) is 150 cm³/mol. The summed E-state index contributed by atoms with van der Waals surface area (Å²) in [5.74, 6) is -0.210. The molecule has 5 rings (SSSR count). The summed E-state index contributed by atoms with van der Waals surface area (Å²) < 4.78 is 2.22. The number of rotatable bonds is 6. The molecule has 1 amide bonds. The van der Waals surface area contributed by atoms with Crippen LogP contribution in [0.2, 0.25) is 0 Å². The number of carbonyl (C=O) groups is 1. The lowest BCUT2D eigenvalue weighted by molar-refractivity contribution is 0.0955. The average molecular weight is 491 g/mol. The molecule has 5 nitrogen and oxygen atoms in total. The summed E-state index contributed by atoms with van der Waals surface area (Å²) in [6.07, 6.45) is 2.81. The van der Waals surface area contributed by atoms with E-state index in [-0.39, 0.29) is 5.91 Å². The first-order valence-corrected chi connectivity index (χ1v) is 12.9. The van der Waals surface area contributed by atoms with E-state index in [1.165, 1.54) is 27.8 Å². The first-order valence-electron chi connectivity index (χ1n) is 12.9. The number of hydrazone groups is 1. The third-order valence-electron chi connectivity index (χ3n) is 7.42. The molecule has 3 aromatic carbocycles. The van der Waals surface area contributed by atoms with Gasteiger partial charge in [0.1, 0.15) is 0 Å². The average Bonchev–Trinajstić information content (AvgIpc) is 3.18. The third-order valence-corrected chi connectivity index (χ3v) is 7.42. The van der Waals surface area contributed by atoms with Crippen LogP contribution in [0.3, 0.4) is 0 Å². The number of aromatic nitrogens is 1. The lowest BCUT2D eigenvalue weighted by Gasteiger charge is -2.28. The number of amides is 1. The molecule has 37 heavy (non-hydrogen) atoms. The van der Waals surface area contributed by atoms with Crippen molar-refractivity contribution in [2.24, 2.45) is 5.10 Å². The second kappa shape index (κ2) is 10.6. The first-order chi connectivity index (χ1) is 17.9. The van der Waals surface area contributed by atoms with Crippen LogP contribution in [-0.4, -0.2) is 28.1 Å². The lowest BCUT2D eigenvalue weighted by atomic mass is 9.99. The predicted octanol–water partition coefficient (Wildman–Crippen LogP) is 6.03. The van der Waals surface area contributed by atoms with Crippen LogP contribution >= 0.6 is 0 Å². The molecule has 0 atom stereocenters. The molecule has 5 heteroatoms. The minimum absolute atomic E-state index is 0.210. The summed E-state index contributed by atoms with van der Waals surface area (Å²) in [5, 5.41) is 4.25. The smallest absolute Gasteiger partial charge is 0.271 e. The van der Waals surface area contributed by atoms with E-state index in [9.17, 15) is 4.79 Å². The van der Waals surface area contributed by atoms with Crippen LogP contribution in [0.15, 0.2) is 77.9 Å². The minimum atomic E-state index is -0.210. The van der Waals surface area contributed by atoms with E-state index in [4.69, 9.17) is 0 Å². The molecule has 0 radical (unpaired) electrons. The fourth-order valence-corrected chi connectivity index (χ4v) is 5.11. The SMILES string of the molecule is Cc1ccc(-n2c(C)cc(/C=N/NC(=O)c3ccc(CN4CCc5ccccc5C4)cc3)c2C)cc1C. The molecule has 0 bridgehead atoms. The second-order valence-corrected chi connectivity index (χ2v) is 10.1. The molecule has 1 aliphatic rings. The molecule has 0 saturated heterocycles. The number of hydrogen-bond acceptors (Lipinski definition) is 3. The van der Waals surface area contributed by atoms with Crippen molar-refractivity contribution < 1.29 is 4.79 Å². The quantitative estimate of drug-likeness (QED) is 0.265. The van der Waals surface area contributed by atoms with Crippen molar-refractivity contribution in [1.29, 1.82) is 0 Å². The molecule has 4 aromatic rings. The molecule has 1 N–H and O–H groups in total. The van der Waals surface area contributed by atoms with Gasteiger partial charge in [-0.15, -0.1) is 0 Å². The highest BCUT2D eigenvalue weighted by Crippen LogP contribution is 2.22. The molecular weight excluding hydrogens is 456 g/mol. The Labute approximate surface area is 219 Å².